The van der Waals surface area contributed by atoms with Crippen molar-refractivity contribution in [1.82, 2.24) is 0 Å². The molecule has 1 heterocycles. The molecule has 0 radical (unpaired) electrons. The van der Waals surface area contributed by atoms with E-state index in [1.807, 2.05) is 12.1 Å². The summed E-state index contributed by atoms with van der Waals surface area (Å²) in [6.45, 7) is 0.647. The van der Waals surface area contributed by atoms with Crippen LogP contribution in [0.1, 0.15) is 5.56 Å². The van der Waals surface area contributed by atoms with Crippen molar-refractivity contribution in [1.29, 1.82) is 0 Å². The second-order valence-electron chi connectivity index (χ2n) is 4.71. The number of rotatable bonds is 3. The number of fused-ring (bicyclic) bond motifs is 1. The molecule has 5 heteroatoms. The standard InChI is InChI=1S/C15H12BrClFNO/c16-10-1-4-15-9(5-10)6-12(20-15)8-19-11-2-3-14(18)13(17)7-11/h1-5,7,12,19H,6,8H2. The summed E-state index contributed by atoms with van der Waals surface area (Å²) in [7, 11) is 0. The predicted octanol–water partition coefficient (Wildman–Crippen LogP) is 4.66. The van der Waals surface area contributed by atoms with Gasteiger partial charge in [0.15, 0.2) is 0 Å². The van der Waals surface area contributed by atoms with E-state index in [-0.39, 0.29) is 11.1 Å². The second-order valence-corrected chi connectivity index (χ2v) is 6.03. The number of halogens is 3. The van der Waals surface area contributed by atoms with E-state index in [0.29, 0.717) is 6.54 Å². The molecule has 2 aromatic rings. The Balaban J connectivity index is 1.62. The van der Waals surface area contributed by atoms with Gasteiger partial charge < -0.3 is 10.1 Å². The molecule has 0 aliphatic carbocycles. The first kappa shape index (κ1) is 13.7. The predicted molar refractivity (Wildman–Crippen MR) is 82.2 cm³/mol. The maximum Gasteiger partial charge on any atom is 0.141 e. The van der Waals surface area contributed by atoms with E-state index in [2.05, 4.69) is 27.3 Å². The Kier molecular flexibility index (Phi) is 3.85. The van der Waals surface area contributed by atoms with E-state index in [1.165, 1.54) is 11.6 Å². The van der Waals surface area contributed by atoms with Gasteiger partial charge in [-0.05, 0) is 42.0 Å². The summed E-state index contributed by atoms with van der Waals surface area (Å²) in [6.07, 6.45) is 0.930. The number of anilines is 1. The molecule has 0 bridgehead atoms. The molecule has 1 aliphatic rings. The van der Waals surface area contributed by atoms with Crippen molar-refractivity contribution >= 4 is 33.2 Å². The topological polar surface area (TPSA) is 21.3 Å². The third-order valence-corrected chi connectivity index (χ3v) is 4.00. The smallest absolute Gasteiger partial charge is 0.141 e. The van der Waals surface area contributed by atoms with Gasteiger partial charge in [0.25, 0.3) is 0 Å². The quantitative estimate of drug-likeness (QED) is 0.864. The van der Waals surface area contributed by atoms with Crippen LogP contribution in [-0.4, -0.2) is 12.6 Å². The molecule has 3 rings (SSSR count). The molecule has 0 amide bonds. The van der Waals surface area contributed by atoms with E-state index in [0.717, 1.165) is 22.3 Å². The lowest BCUT2D eigenvalue weighted by Gasteiger charge is -2.13. The Morgan fingerprint density at radius 3 is 2.95 bits per heavy atom. The number of hydrogen-bond acceptors (Lipinski definition) is 2. The van der Waals surface area contributed by atoms with Crippen molar-refractivity contribution < 1.29 is 9.13 Å². The fourth-order valence-electron chi connectivity index (χ4n) is 2.24. The highest BCUT2D eigenvalue weighted by Crippen LogP contribution is 2.31. The molecule has 1 unspecified atom stereocenters. The van der Waals surface area contributed by atoms with Crippen LogP contribution in [0, 0.1) is 5.82 Å². The van der Waals surface area contributed by atoms with Gasteiger partial charge in [-0.15, -0.1) is 0 Å². The lowest BCUT2D eigenvalue weighted by atomic mass is 10.1. The number of nitrogens with one attached hydrogen (secondary N) is 1. The maximum atomic E-state index is 13.1. The van der Waals surface area contributed by atoms with Gasteiger partial charge in [-0.3, -0.25) is 0 Å². The molecular formula is C15H12BrClFNO. The Bertz CT molecular complexity index is 650. The minimum atomic E-state index is -0.411. The van der Waals surface area contributed by atoms with Gasteiger partial charge in [0.1, 0.15) is 17.7 Å². The number of ether oxygens (including phenoxy) is 1. The molecule has 2 nitrogen and oxygen atoms in total. The average Bonchev–Trinajstić information content (AvgIpc) is 2.82. The van der Waals surface area contributed by atoms with Gasteiger partial charge >= 0.3 is 0 Å². The first-order valence-corrected chi connectivity index (χ1v) is 7.43. The molecule has 0 fully saturated rings. The lowest BCUT2D eigenvalue weighted by Crippen LogP contribution is -2.23. The van der Waals surface area contributed by atoms with Crippen LogP contribution in [0.25, 0.3) is 0 Å². The zero-order valence-electron chi connectivity index (χ0n) is 10.5. The normalized spacial score (nSPS) is 16.6. The van der Waals surface area contributed by atoms with Crippen LogP contribution in [0.5, 0.6) is 5.75 Å². The highest BCUT2D eigenvalue weighted by Gasteiger charge is 2.22. The highest BCUT2D eigenvalue weighted by molar-refractivity contribution is 9.10. The fraction of sp³-hybridized carbons (Fsp3) is 0.200. The molecule has 1 aliphatic heterocycles. The van der Waals surface area contributed by atoms with Gasteiger partial charge in [0, 0.05) is 16.6 Å². The molecule has 0 saturated carbocycles. The van der Waals surface area contributed by atoms with Crippen molar-refractivity contribution in [3.05, 3.63) is 57.3 Å². The van der Waals surface area contributed by atoms with E-state index in [1.54, 1.807) is 12.1 Å². The summed E-state index contributed by atoms with van der Waals surface area (Å²) < 4.78 is 20.0. The molecular weight excluding hydrogens is 345 g/mol. The van der Waals surface area contributed by atoms with Gasteiger partial charge in [-0.1, -0.05) is 27.5 Å². The van der Waals surface area contributed by atoms with Crippen molar-refractivity contribution in [2.24, 2.45) is 0 Å². The molecule has 0 saturated heterocycles. The van der Waals surface area contributed by atoms with Gasteiger partial charge in [-0.25, -0.2) is 4.39 Å². The SMILES string of the molecule is Fc1ccc(NCC2Cc3cc(Br)ccc3O2)cc1Cl. The van der Waals surface area contributed by atoms with Crippen LogP contribution in [-0.2, 0) is 6.42 Å². The van der Waals surface area contributed by atoms with E-state index in [9.17, 15) is 4.39 Å². The van der Waals surface area contributed by atoms with Crippen molar-refractivity contribution in [2.75, 3.05) is 11.9 Å². The van der Waals surface area contributed by atoms with Crippen molar-refractivity contribution in [3.63, 3.8) is 0 Å². The largest absolute Gasteiger partial charge is 0.488 e. The molecule has 104 valence electrons. The summed E-state index contributed by atoms with van der Waals surface area (Å²) in [4.78, 5) is 0. The molecule has 1 atom stereocenters. The van der Waals surface area contributed by atoms with E-state index >= 15 is 0 Å². The lowest BCUT2D eigenvalue weighted by molar-refractivity contribution is 0.246. The van der Waals surface area contributed by atoms with Crippen LogP contribution in [0.4, 0.5) is 10.1 Å². The van der Waals surface area contributed by atoms with Gasteiger partial charge in [0.2, 0.25) is 0 Å². The van der Waals surface area contributed by atoms with Crippen LogP contribution in [0.2, 0.25) is 5.02 Å². The summed E-state index contributed by atoms with van der Waals surface area (Å²) in [5, 5.41) is 3.34. The minimum Gasteiger partial charge on any atom is -0.488 e. The summed E-state index contributed by atoms with van der Waals surface area (Å²) >= 11 is 9.20. The average molecular weight is 357 g/mol. The molecule has 20 heavy (non-hydrogen) atoms. The van der Waals surface area contributed by atoms with Crippen LogP contribution >= 0.6 is 27.5 Å². The number of hydrogen-bond donors (Lipinski definition) is 1. The van der Waals surface area contributed by atoms with Gasteiger partial charge in [0.05, 0.1) is 11.6 Å². The van der Waals surface area contributed by atoms with Gasteiger partial charge in [-0.2, -0.15) is 0 Å². The molecule has 1 N–H and O–H groups in total. The minimum absolute atomic E-state index is 0.0723. The zero-order valence-corrected chi connectivity index (χ0v) is 12.8. The third-order valence-electron chi connectivity index (χ3n) is 3.22. The Morgan fingerprint density at radius 1 is 1.30 bits per heavy atom. The first-order valence-electron chi connectivity index (χ1n) is 6.26. The highest BCUT2D eigenvalue weighted by atomic mass is 79.9. The summed E-state index contributed by atoms with van der Waals surface area (Å²) in [5.74, 6) is 0.517. The Labute approximate surface area is 130 Å². The summed E-state index contributed by atoms with van der Waals surface area (Å²) in [5.41, 5.74) is 1.99. The Hall–Kier alpha value is -1.26. The number of benzene rings is 2. The fourth-order valence-corrected chi connectivity index (χ4v) is 2.83. The van der Waals surface area contributed by atoms with E-state index < -0.39 is 5.82 Å². The Morgan fingerprint density at radius 2 is 2.15 bits per heavy atom. The van der Waals surface area contributed by atoms with E-state index in [4.69, 9.17) is 16.3 Å². The first-order chi connectivity index (χ1) is 9.61. The third kappa shape index (κ3) is 2.91. The van der Waals surface area contributed by atoms with Crippen LogP contribution in [0.15, 0.2) is 40.9 Å². The molecule has 0 aromatic heterocycles. The van der Waals surface area contributed by atoms with Crippen LogP contribution in [0.3, 0.4) is 0 Å². The van der Waals surface area contributed by atoms with Crippen LogP contribution < -0.4 is 10.1 Å². The second kappa shape index (κ2) is 5.62. The molecule has 2 aromatic carbocycles. The van der Waals surface area contributed by atoms with Crippen molar-refractivity contribution in [3.8, 4) is 5.75 Å². The monoisotopic (exact) mass is 355 g/mol. The molecule has 0 spiro atoms. The maximum absolute atomic E-state index is 13.1. The zero-order chi connectivity index (χ0) is 14.1. The van der Waals surface area contributed by atoms with Crippen molar-refractivity contribution in [2.45, 2.75) is 12.5 Å². The summed E-state index contributed by atoms with van der Waals surface area (Å²) in [6, 6.07) is 10.6.